The van der Waals surface area contributed by atoms with Gasteiger partial charge in [-0.3, -0.25) is 5.32 Å². The molecule has 2 aromatic heterocycles. The van der Waals surface area contributed by atoms with E-state index < -0.39 is 0 Å². The number of amides is 2. The summed E-state index contributed by atoms with van der Waals surface area (Å²) >= 11 is 3.15. The molecule has 30 heavy (non-hydrogen) atoms. The minimum Gasteiger partial charge on any atom is -0.493 e. The van der Waals surface area contributed by atoms with Crippen LogP contribution in [0.25, 0.3) is 0 Å². The van der Waals surface area contributed by atoms with Crippen LogP contribution in [-0.4, -0.2) is 29.6 Å². The number of hydrogen-bond acceptors (Lipinski definition) is 6. The van der Waals surface area contributed by atoms with Crippen LogP contribution in [0.3, 0.4) is 0 Å². The molecule has 0 atom stereocenters. The van der Waals surface area contributed by atoms with Crippen molar-refractivity contribution in [2.24, 2.45) is 0 Å². The molecule has 2 amide bonds. The van der Waals surface area contributed by atoms with Crippen LogP contribution in [0.4, 0.5) is 9.93 Å². The van der Waals surface area contributed by atoms with Crippen molar-refractivity contribution in [1.29, 1.82) is 0 Å². The average Bonchev–Trinajstić information content (AvgIpc) is 3.28. The minimum absolute atomic E-state index is 0.147. The Hall–Kier alpha value is -2.58. The molecule has 158 valence electrons. The van der Waals surface area contributed by atoms with Gasteiger partial charge in [0.05, 0.1) is 12.8 Å². The summed E-state index contributed by atoms with van der Waals surface area (Å²) in [6.07, 6.45) is 2.40. The number of anilines is 1. The molecule has 0 aliphatic heterocycles. The van der Waals surface area contributed by atoms with Gasteiger partial charge in [0.25, 0.3) is 0 Å². The van der Waals surface area contributed by atoms with Gasteiger partial charge >= 0.3 is 6.03 Å². The molecule has 1 aromatic carbocycles. The topological polar surface area (TPSA) is 63.7 Å². The fourth-order valence-corrected chi connectivity index (χ4v) is 4.50. The molecular formula is C22H25N3O3S2. The van der Waals surface area contributed by atoms with Gasteiger partial charge in [-0.25, -0.2) is 9.78 Å². The molecule has 4 rings (SSSR count). The number of thiazole rings is 1. The van der Waals surface area contributed by atoms with Crippen LogP contribution >= 0.6 is 22.7 Å². The average molecular weight is 444 g/mol. The van der Waals surface area contributed by atoms with Crippen LogP contribution in [0, 0.1) is 0 Å². The smallest absolute Gasteiger partial charge is 0.323 e. The van der Waals surface area contributed by atoms with Gasteiger partial charge in [0.1, 0.15) is 6.61 Å². The molecule has 2 heterocycles. The van der Waals surface area contributed by atoms with Crippen molar-refractivity contribution in [3.63, 3.8) is 0 Å². The van der Waals surface area contributed by atoms with Gasteiger partial charge in [-0.05, 0) is 48.9 Å². The van der Waals surface area contributed by atoms with Gasteiger partial charge in [-0.1, -0.05) is 12.1 Å². The summed E-state index contributed by atoms with van der Waals surface area (Å²) in [5.41, 5.74) is 2.08. The molecule has 1 aliphatic rings. The lowest BCUT2D eigenvalue weighted by atomic mass is 10.2. The van der Waals surface area contributed by atoms with Crippen molar-refractivity contribution in [3.05, 3.63) is 57.2 Å². The van der Waals surface area contributed by atoms with E-state index in [1.807, 2.05) is 48.0 Å². The maximum absolute atomic E-state index is 12.7. The SMILES string of the molecule is CCN(Cc1ccc(OCc2cccs2)c(OC)c1)C(=O)Nc1nc(C2CC2)cs1. The number of rotatable bonds is 9. The molecule has 0 unspecified atom stereocenters. The first-order valence-corrected chi connectivity index (χ1v) is 11.8. The Bertz CT molecular complexity index is 983. The summed E-state index contributed by atoms with van der Waals surface area (Å²) in [4.78, 5) is 20.2. The Labute approximate surface area is 184 Å². The van der Waals surface area contributed by atoms with Crippen LogP contribution in [0.5, 0.6) is 11.5 Å². The highest BCUT2D eigenvalue weighted by atomic mass is 32.1. The van der Waals surface area contributed by atoms with Crippen molar-refractivity contribution in [2.75, 3.05) is 19.0 Å². The number of methoxy groups -OCH3 is 1. The first-order valence-electron chi connectivity index (χ1n) is 9.99. The first kappa shape index (κ1) is 20.7. The Morgan fingerprint density at radius 2 is 2.13 bits per heavy atom. The predicted molar refractivity (Wildman–Crippen MR) is 121 cm³/mol. The number of benzene rings is 1. The third-order valence-corrected chi connectivity index (χ3v) is 6.58. The molecule has 0 spiro atoms. The number of carbonyl (C=O) groups is 1. The summed E-state index contributed by atoms with van der Waals surface area (Å²) in [5.74, 6) is 1.94. The van der Waals surface area contributed by atoms with E-state index in [0.29, 0.717) is 42.2 Å². The molecular weight excluding hydrogens is 418 g/mol. The fourth-order valence-electron chi connectivity index (χ4n) is 3.10. The third-order valence-electron chi connectivity index (χ3n) is 4.95. The van der Waals surface area contributed by atoms with E-state index in [-0.39, 0.29) is 6.03 Å². The van der Waals surface area contributed by atoms with E-state index in [2.05, 4.69) is 10.3 Å². The molecule has 3 aromatic rings. The monoisotopic (exact) mass is 443 g/mol. The van der Waals surface area contributed by atoms with E-state index in [4.69, 9.17) is 9.47 Å². The Kier molecular flexibility index (Phi) is 6.54. The van der Waals surface area contributed by atoms with Gasteiger partial charge in [0, 0.05) is 29.3 Å². The third kappa shape index (κ3) is 5.12. The predicted octanol–water partition coefficient (Wildman–Crippen LogP) is 5.72. The first-order chi connectivity index (χ1) is 14.7. The van der Waals surface area contributed by atoms with Gasteiger partial charge in [-0.2, -0.15) is 0 Å². The highest BCUT2D eigenvalue weighted by molar-refractivity contribution is 7.14. The van der Waals surface area contributed by atoms with Crippen LogP contribution in [0.2, 0.25) is 0 Å². The molecule has 0 bridgehead atoms. The van der Waals surface area contributed by atoms with E-state index in [1.54, 1.807) is 23.3 Å². The number of nitrogens with zero attached hydrogens (tertiary/aromatic N) is 2. The lowest BCUT2D eigenvalue weighted by molar-refractivity contribution is 0.212. The van der Waals surface area contributed by atoms with E-state index in [9.17, 15) is 4.79 Å². The summed E-state index contributed by atoms with van der Waals surface area (Å²) in [6.45, 7) is 3.54. The lowest BCUT2D eigenvalue weighted by Gasteiger charge is -2.21. The zero-order chi connectivity index (χ0) is 20.9. The maximum Gasteiger partial charge on any atom is 0.323 e. The normalized spacial score (nSPS) is 13.1. The molecule has 1 fully saturated rings. The zero-order valence-corrected chi connectivity index (χ0v) is 18.7. The molecule has 1 saturated carbocycles. The second-order valence-corrected chi connectivity index (χ2v) is 9.04. The molecule has 6 nitrogen and oxygen atoms in total. The molecule has 0 saturated heterocycles. The number of hydrogen-bond donors (Lipinski definition) is 1. The van der Waals surface area contributed by atoms with Crippen LogP contribution in [-0.2, 0) is 13.2 Å². The van der Waals surface area contributed by atoms with Crippen LogP contribution < -0.4 is 14.8 Å². The summed E-state index contributed by atoms with van der Waals surface area (Å²) in [5, 5.41) is 7.67. The summed E-state index contributed by atoms with van der Waals surface area (Å²) in [7, 11) is 1.63. The molecule has 1 aliphatic carbocycles. The standard InChI is InChI=1S/C22H25N3O3S2/c1-3-25(22(26)24-21-23-18(14-30-21)16-7-8-16)12-15-6-9-19(20(11-15)27-2)28-13-17-5-4-10-29-17/h4-6,9-11,14,16H,3,7-8,12-13H2,1-2H3,(H,23,24,26). The van der Waals surface area contributed by atoms with E-state index >= 15 is 0 Å². The van der Waals surface area contributed by atoms with Crippen LogP contribution in [0.1, 0.15) is 41.8 Å². The number of aromatic nitrogens is 1. The number of carbonyl (C=O) groups excluding carboxylic acids is 1. The number of urea groups is 1. The zero-order valence-electron chi connectivity index (χ0n) is 17.1. The quantitative estimate of drug-likeness (QED) is 0.459. The van der Waals surface area contributed by atoms with E-state index in [0.717, 1.165) is 16.1 Å². The van der Waals surface area contributed by atoms with Crippen molar-refractivity contribution in [1.82, 2.24) is 9.88 Å². The maximum atomic E-state index is 12.7. The summed E-state index contributed by atoms with van der Waals surface area (Å²) in [6, 6.07) is 9.69. The Morgan fingerprint density at radius 3 is 2.83 bits per heavy atom. The van der Waals surface area contributed by atoms with Gasteiger partial charge in [-0.15, -0.1) is 22.7 Å². The molecule has 8 heteroatoms. The second-order valence-electron chi connectivity index (χ2n) is 7.15. The highest BCUT2D eigenvalue weighted by Crippen LogP contribution is 2.41. The Balaban J connectivity index is 1.38. The van der Waals surface area contributed by atoms with Gasteiger partial charge < -0.3 is 14.4 Å². The fraction of sp³-hybridized carbons (Fsp3) is 0.364. The Morgan fingerprint density at radius 1 is 1.27 bits per heavy atom. The van der Waals surface area contributed by atoms with Gasteiger partial charge in [0.2, 0.25) is 0 Å². The minimum atomic E-state index is -0.147. The van der Waals surface area contributed by atoms with Gasteiger partial charge in [0.15, 0.2) is 16.6 Å². The molecule has 0 radical (unpaired) electrons. The highest BCUT2D eigenvalue weighted by Gasteiger charge is 2.26. The summed E-state index contributed by atoms with van der Waals surface area (Å²) < 4.78 is 11.4. The number of ether oxygens (including phenoxy) is 2. The number of thiophene rings is 1. The van der Waals surface area contributed by atoms with Crippen LogP contribution in [0.15, 0.2) is 41.1 Å². The largest absolute Gasteiger partial charge is 0.493 e. The van der Waals surface area contributed by atoms with Crippen molar-refractivity contribution in [2.45, 2.75) is 38.8 Å². The lowest BCUT2D eigenvalue weighted by Crippen LogP contribution is -2.34. The van der Waals surface area contributed by atoms with E-state index in [1.165, 1.54) is 24.2 Å². The number of nitrogens with one attached hydrogen (secondary N) is 1. The van der Waals surface area contributed by atoms with Crippen molar-refractivity contribution in [3.8, 4) is 11.5 Å². The molecule has 1 N–H and O–H groups in total. The van der Waals surface area contributed by atoms with Crippen molar-refractivity contribution < 1.29 is 14.3 Å². The van der Waals surface area contributed by atoms with Crippen molar-refractivity contribution >= 4 is 33.8 Å². The second kappa shape index (κ2) is 9.49.